The van der Waals surface area contributed by atoms with E-state index in [4.69, 9.17) is 11.6 Å². The van der Waals surface area contributed by atoms with Gasteiger partial charge in [-0.3, -0.25) is 9.59 Å². The SMILES string of the molecule is CCN1C(=O)c2ccccc2Sc2ccc(NC(=O)c3ccc(Cl)cc3)cc21. The number of rotatable bonds is 3. The molecule has 0 aliphatic carbocycles. The Morgan fingerprint density at radius 1 is 1.04 bits per heavy atom. The van der Waals surface area contributed by atoms with Crippen LogP contribution in [-0.4, -0.2) is 18.4 Å². The van der Waals surface area contributed by atoms with Crippen LogP contribution in [0.5, 0.6) is 0 Å². The molecule has 0 fully saturated rings. The molecule has 1 aliphatic heterocycles. The largest absolute Gasteiger partial charge is 0.322 e. The molecule has 1 heterocycles. The summed E-state index contributed by atoms with van der Waals surface area (Å²) < 4.78 is 0. The average molecular weight is 409 g/mol. The van der Waals surface area contributed by atoms with Gasteiger partial charge in [-0.05, 0) is 61.5 Å². The van der Waals surface area contributed by atoms with E-state index in [1.54, 1.807) is 40.9 Å². The number of halogens is 1. The van der Waals surface area contributed by atoms with Crippen molar-refractivity contribution in [1.82, 2.24) is 0 Å². The summed E-state index contributed by atoms with van der Waals surface area (Å²) in [5, 5.41) is 3.48. The van der Waals surface area contributed by atoms with Crippen LogP contribution in [0.1, 0.15) is 27.6 Å². The number of carbonyl (C=O) groups excluding carboxylic acids is 2. The summed E-state index contributed by atoms with van der Waals surface area (Å²) in [6, 6.07) is 20.0. The van der Waals surface area contributed by atoms with Gasteiger partial charge in [0.05, 0.1) is 11.3 Å². The molecule has 2 amide bonds. The minimum Gasteiger partial charge on any atom is -0.322 e. The molecule has 1 aliphatic rings. The van der Waals surface area contributed by atoms with Crippen LogP contribution in [0, 0.1) is 0 Å². The van der Waals surface area contributed by atoms with Gasteiger partial charge < -0.3 is 10.2 Å². The van der Waals surface area contributed by atoms with Gasteiger partial charge in [-0.25, -0.2) is 0 Å². The second kappa shape index (κ2) is 7.70. The smallest absolute Gasteiger partial charge is 0.259 e. The van der Waals surface area contributed by atoms with E-state index < -0.39 is 0 Å². The van der Waals surface area contributed by atoms with Crippen molar-refractivity contribution >= 4 is 46.6 Å². The summed E-state index contributed by atoms with van der Waals surface area (Å²) in [6.07, 6.45) is 0. The molecule has 1 N–H and O–H groups in total. The number of nitrogens with zero attached hydrogens (tertiary/aromatic N) is 1. The summed E-state index contributed by atoms with van der Waals surface area (Å²) in [6.45, 7) is 2.48. The molecule has 0 saturated heterocycles. The highest BCUT2D eigenvalue weighted by atomic mass is 35.5. The Morgan fingerprint density at radius 3 is 2.54 bits per heavy atom. The lowest BCUT2D eigenvalue weighted by Gasteiger charge is -2.22. The van der Waals surface area contributed by atoms with Gasteiger partial charge >= 0.3 is 0 Å². The predicted octanol–water partition coefficient (Wildman–Crippen LogP) is 5.72. The van der Waals surface area contributed by atoms with Gasteiger partial charge in [-0.2, -0.15) is 0 Å². The topological polar surface area (TPSA) is 49.4 Å². The Kier molecular flexibility index (Phi) is 5.11. The van der Waals surface area contributed by atoms with Crippen molar-refractivity contribution in [3.63, 3.8) is 0 Å². The van der Waals surface area contributed by atoms with E-state index in [2.05, 4.69) is 5.32 Å². The molecule has 4 nitrogen and oxygen atoms in total. The lowest BCUT2D eigenvalue weighted by atomic mass is 10.1. The Hall–Kier alpha value is -2.76. The van der Waals surface area contributed by atoms with Gasteiger partial charge in [0.1, 0.15) is 0 Å². The molecule has 0 spiro atoms. The van der Waals surface area contributed by atoms with Crippen LogP contribution in [0.15, 0.2) is 76.5 Å². The van der Waals surface area contributed by atoms with E-state index >= 15 is 0 Å². The number of nitrogens with one attached hydrogen (secondary N) is 1. The van der Waals surface area contributed by atoms with Crippen molar-refractivity contribution in [2.75, 3.05) is 16.8 Å². The molecule has 3 aromatic carbocycles. The monoisotopic (exact) mass is 408 g/mol. The van der Waals surface area contributed by atoms with Crippen molar-refractivity contribution in [3.8, 4) is 0 Å². The highest BCUT2D eigenvalue weighted by Gasteiger charge is 2.26. The normalized spacial score (nSPS) is 12.8. The first kappa shape index (κ1) is 18.6. The van der Waals surface area contributed by atoms with Gasteiger partial charge in [-0.15, -0.1) is 0 Å². The van der Waals surface area contributed by atoms with E-state index in [1.807, 2.05) is 49.4 Å². The molecule has 3 aromatic rings. The van der Waals surface area contributed by atoms with Crippen LogP contribution in [0.25, 0.3) is 0 Å². The minimum absolute atomic E-state index is 0.0365. The highest BCUT2D eigenvalue weighted by molar-refractivity contribution is 7.99. The maximum Gasteiger partial charge on any atom is 0.259 e. The number of anilines is 2. The Labute approximate surface area is 172 Å². The summed E-state index contributed by atoms with van der Waals surface area (Å²) in [7, 11) is 0. The van der Waals surface area contributed by atoms with E-state index in [0.717, 1.165) is 15.5 Å². The third kappa shape index (κ3) is 3.51. The van der Waals surface area contributed by atoms with E-state index in [9.17, 15) is 9.59 Å². The summed E-state index contributed by atoms with van der Waals surface area (Å²) in [5.41, 5.74) is 2.64. The van der Waals surface area contributed by atoms with E-state index in [0.29, 0.717) is 28.4 Å². The molecule has 0 unspecified atom stereocenters. The molecule has 0 atom stereocenters. The number of hydrogen-bond donors (Lipinski definition) is 1. The molecule has 140 valence electrons. The first-order valence-corrected chi connectivity index (χ1v) is 10.1. The first-order valence-electron chi connectivity index (χ1n) is 8.86. The fourth-order valence-corrected chi connectivity index (χ4v) is 4.30. The van der Waals surface area contributed by atoms with Crippen LogP contribution in [0.2, 0.25) is 5.02 Å². The molecule has 0 saturated carbocycles. The number of hydrogen-bond acceptors (Lipinski definition) is 3. The maximum absolute atomic E-state index is 13.0. The third-order valence-electron chi connectivity index (χ3n) is 4.51. The molecular weight excluding hydrogens is 392 g/mol. The van der Waals surface area contributed by atoms with Crippen LogP contribution in [0.3, 0.4) is 0 Å². The second-order valence-electron chi connectivity index (χ2n) is 6.29. The number of carbonyl (C=O) groups is 2. The van der Waals surface area contributed by atoms with Gasteiger partial charge in [0, 0.05) is 32.6 Å². The summed E-state index contributed by atoms with van der Waals surface area (Å²) >= 11 is 7.45. The van der Waals surface area contributed by atoms with Gasteiger partial charge in [0.15, 0.2) is 0 Å². The Morgan fingerprint density at radius 2 is 1.79 bits per heavy atom. The fraction of sp³-hybridized carbons (Fsp3) is 0.0909. The van der Waals surface area contributed by atoms with Gasteiger partial charge in [-0.1, -0.05) is 35.5 Å². The zero-order valence-electron chi connectivity index (χ0n) is 15.1. The average Bonchev–Trinajstić information content (AvgIpc) is 2.82. The molecule has 0 aromatic heterocycles. The molecule has 28 heavy (non-hydrogen) atoms. The van der Waals surface area contributed by atoms with Crippen molar-refractivity contribution in [2.45, 2.75) is 16.7 Å². The second-order valence-corrected chi connectivity index (χ2v) is 7.81. The van der Waals surface area contributed by atoms with Crippen LogP contribution >= 0.6 is 23.4 Å². The fourth-order valence-electron chi connectivity index (χ4n) is 3.12. The highest BCUT2D eigenvalue weighted by Crippen LogP contribution is 2.42. The zero-order valence-corrected chi connectivity index (χ0v) is 16.7. The van der Waals surface area contributed by atoms with Crippen molar-refractivity contribution in [3.05, 3.63) is 82.9 Å². The van der Waals surface area contributed by atoms with Crippen molar-refractivity contribution in [1.29, 1.82) is 0 Å². The molecule has 0 radical (unpaired) electrons. The number of benzene rings is 3. The zero-order chi connectivity index (χ0) is 19.7. The molecule has 4 rings (SSSR count). The third-order valence-corrected chi connectivity index (χ3v) is 5.91. The Balaban J connectivity index is 1.68. The summed E-state index contributed by atoms with van der Waals surface area (Å²) in [4.78, 5) is 29.2. The number of fused-ring (bicyclic) bond motifs is 2. The van der Waals surface area contributed by atoms with Gasteiger partial charge in [0.25, 0.3) is 11.8 Å². The van der Waals surface area contributed by atoms with E-state index in [-0.39, 0.29) is 11.8 Å². The van der Waals surface area contributed by atoms with Crippen LogP contribution < -0.4 is 10.2 Å². The van der Waals surface area contributed by atoms with Crippen molar-refractivity contribution < 1.29 is 9.59 Å². The molecule has 0 bridgehead atoms. The van der Waals surface area contributed by atoms with Crippen LogP contribution in [0.4, 0.5) is 11.4 Å². The maximum atomic E-state index is 13.0. The standard InChI is InChI=1S/C22H17ClN2O2S/c1-2-25-18-13-16(24-21(26)14-7-9-15(23)10-8-14)11-12-20(18)28-19-6-4-3-5-17(19)22(25)27/h3-13H,2H2,1H3,(H,24,26). The quantitative estimate of drug-likeness (QED) is 0.602. The Bertz CT molecular complexity index is 1070. The first-order chi connectivity index (χ1) is 13.6. The summed E-state index contributed by atoms with van der Waals surface area (Å²) in [5.74, 6) is -0.263. The lowest BCUT2D eigenvalue weighted by Crippen LogP contribution is -2.30. The minimum atomic E-state index is -0.226. The van der Waals surface area contributed by atoms with E-state index in [1.165, 1.54) is 0 Å². The van der Waals surface area contributed by atoms with Crippen LogP contribution in [-0.2, 0) is 0 Å². The van der Waals surface area contributed by atoms with Crippen molar-refractivity contribution in [2.24, 2.45) is 0 Å². The number of amides is 2. The lowest BCUT2D eigenvalue weighted by molar-refractivity contribution is 0.0984. The molecular formula is C22H17ClN2O2S. The van der Waals surface area contributed by atoms with Gasteiger partial charge in [0.2, 0.25) is 0 Å². The predicted molar refractivity (Wildman–Crippen MR) is 114 cm³/mol. The molecule has 6 heteroatoms.